The molecule has 0 fully saturated rings. The molecule has 0 spiro atoms. The Labute approximate surface area is 155 Å². The van der Waals surface area contributed by atoms with Gasteiger partial charge in [0.15, 0.2) is 11.5 Å². The highest BCUT2D eigenvalue weighted by Crippen LogP contribution is 2.39. The van der Waals surface area contributed by atoms with Crippen LogP contribution in [0.25, 0.3) is 10.6 Å². The minimum Gasteiger partial charge on any atom is -0.493 e. The third kappa shape index (κ3) is 5.44. The fourth-order valence-corrected chi connectivity index (χ4v) is 3.86. The van der Waals surface area contributed by atoms with Crippen molar-refractivity contribution in [2.75, 3.05) is 27.3 Å². The maximum absolute atomic E-state index is 5.55. The van der Waals surface area contributed by atoms with Crippen molar-refractivity contribution in [2.45, 2.75) is 34.2 Å². The van der Waals surface area contributed by atoms with Gasteiger partial charge in [0.1, 0.15) is 5.01 Å². The molecule has 138 valence electrons. The van der Waals surface area contributed by atoms with Crippen LogP contribution in [-0.4, -0.2) is 37.2 Å². The predicted octanol–water partition coefficient (Wildman–Crippen LogP) is 4.94. The summed E-state index contributed by atoms with van der Waals surface area (Å²) in [7, 11) is 3.33. The van der Waals surface area contributed by atoms with E-state index in [1.165, 1.54) is 0 Å². The number of methoxy groups -OCH3 is 2. The smallest absolute Gasteiger partial charge is 0.170 e. The molecule has 0 saturated heterocycles. The lowest BCUT2D eigenvalue weighted by Crippen LogP contribution is -2.31. The number of nitrogens with zero attached hydrogens (tertiary/aromatic N) is 2. The number of para-hydroxylation sites is 1. The van der Waals surface area contributed by atoms with Gasteiger partial charge in [0, 0.05) is 25.0 Å². The van der Waals surface area contributed by atoms with Crippen LogP contribution in [0, 0.1) is 11.8 Å². The maximum Gasteiger partial charge on any atom is 0.170 e. The Morgan fingerprint density at radius 2 is 1.72 bits per heavy atom. The topological polar surface area (TPSA) is 34.6 Å². The van der Waals surface area contributed by atoms with Crippen LogP contribution in [0.15, 0.2) is 23.6 Å². The molecule has 0 aliphatic heterocycles. The third-order valence-electron chi connectivity index (χ3n) is 3.82. The van der Waals surface area contributed by atoms with Crippen molar-refractivity contribution < 1.29 is 9.47 Å². The van der Waals surface area contributed by atoms with Gasteiger partial charge in [0.25, 0.3) is 0 Å². The first-order valence-electron chi connectivity index (χ1n) is 8.82. The van der Waals surface area contributed by atoms with Crippen LogP contribution in [0.4, 0.5) is 0 Å². The lowest BCUT2D eigenvalue weighted by Gasteiger charge is -2.25. The number of hydrogen-bond donors (Lipinski definition) is 0. The summed E-state index contributed by atoms with van der Waals surface area (Å²) in [5.41, 5.74) is 2.10. The van der Waals surface area contributed by atoms with E-state index in [0.29, 0.717) is 11.8 Å². The minimum absolute atomic E-state index is 0.648. The summed E-state index contributed by atoms with van der Waals surface area (Å²) in [5, 5.41) is 3.13. The van der Waals surface area contributed by atoms with E-state index >= 15 is 0 Å². The predicted molar refractivity (Wildman–Crippen MR) is 106 cm³/mol. The number of thiazole rings is 1. The fraction of sp³-hybridized carbons (Fsp3) is 0.550. The van der Waals surface area contributed by atoms with E-state index in [0.717, 1.165) is 47.4 Å². The number of hydrogen-bond acceptors (Lipinski definition) is 5. The van der Waals surface area contributed by atoms with Gasteiger partial charge in [0.05, 0.1) is 25.5 Å². The van der Waals surface area contributed by atoms with E-state index in [4.69, 9.17) is 14.5 Å². The maximum atomic E-state index is 5.55. The van der Waals surface area contributed by atoms with Crippen molar-refractivity contribution in [2.24, 2.45) is 11.8 Å². The Kier molecular flexibility index (Phi) is 7.26. The van der Waals surface area contributed by atoms with Crippen LogP contribution in [-0.2, 0) is 6.54 Å². The summed E-state index contributed by atoms with van der Waals surface area (Å²) in [4.78, 5) is 7.36. The summed E-state index contributed by atoms with van der Waals surface area (Å²) in [6.07, 6.45) is 0. The molecule has 25 heavy (non-hydrogen) atoms. The van der Waals surface area contributed by atoms with Crippen molar-refractivity contribution in [3.8, 4) is 22.1 Å². The molecule has 0 aliphatic rings. The molecule has 0 amide bonds. The lowest BCUT2D eigenvalue weighted by molar-refractivity contribution is 0.209. The molecule has 2 rings (SSSR count). The second kappa shape index (κ2) is 9.20. The molecule has 1 aromatic carbocycles. The lowest BCUT2D eigenvalue weighted by atomic mass is 10.1. The second-order valence-electron chi connectivity index (χ2n) is 7.17. The Balaban J connectivity index is 2.22. The van der Waals surface area contributed by atoms with Crippen LogP contribution in [0.3, 0.4) is 0 Å². The first-order chi connectivity index (χ1) is 11.9. The van der Waals surface area contributed by atoms with E-state index in [9.17, 15) is 0 Å². The van der Waals surface area contributed by atoms with E-state index < -0.39 is 0 Å². The van der Waals surface area contributed by atoms with E-state index in [1.54, 1.807) is 25.6 Å². The summed E-state index contributed by atoms with van der Waals surface area (Å²) in [6, 6.07) is 5.91. The molecular formula is C20H30N2O2S. The first-order valence-corrected chi connectivity index (χ1v) is 9.70. The van der Waals surface area contributed by atoms with Crippen LogP contribution in [0.1, 0.15) is 33.4 Å². The van der Waals surface area contributed by atoms with Gasteiger partial charge in [0.2, 0.25) is 0 Å². The monoisotopic (exact) mass is 362 g/mol. The van der Waals surface area contributed by atoms with Crippen molar-refractivity contribution in [3.63, 3.8) is 0 Å². The summed E-state index contributed by atoms with van der Waals surface area (Å²) in [6.45, 7) is 12.1. The average Bonchev–Trinajstić information content (AvgIpc) is 3.00. The minimum atomic E-state index is 0.648. The molecule has 0 unspecified atom stereocenters. The van der Waals surface area contributed by atoms with Gasteiger partial charge in [-0.2, -0.15) is 0 Å². The van der Waals surface area contributed by atoms with Crippen LogP contribution in [0.5, 0.6) is 11.5 Å². The van der Waals surface area contributed by atoms with Crippen molar-refractivity contribution >= 4 is 11.3 Å². The molecule has 0 atom stereocenters. The van der Waals surface area contributed by atoms with Gasteiger partial charge in [-0.25, -0.2) is 4.98 Å². The highest BCUT2D eigenvalue weighted by atomic mass is 32.1. The zero-order chi connectivity index (χ0) is 18.4. The SMILES string of the molecule is COc1cccc(-c2nc(CN(CC(C)C)CC(C)C)cs2)c1OC. The largest absolute Gasteiger partial charge is 0.493 e. The van der Waals surface area contributed by atoms with Gasteiger partial charge in [-0.3, -0.25) is 4.90 Å². The Bertz CT molecular complexity index is 657. The van der Waals surface area contributed by atoms with Crippen LogP contribution < -0.4 is 9.47 Å². The first kappa shape index (κ1) is 19.7. The molecule has 2 aromatic rings. The van der Waals surface area contributed by atoms with E-state index in [1.807, 2.05) is 18.2 Å². The second-order valence-corrected chi connectivity index (χ2v) is 8.02. The van der Waals surface area contributed by atoms with Crippen molar-refractivity contribution in [1.82, 2.24) is 9.88 Å². The molecule has 5 heteroatoms. The Morgan fingerprint density at radius 3 is 2.28 bits per heavy atom. The average molecular weight is 363 g/mol. The van der Waals surface area contributed by atoms with Crippen LogP contribution >= 0.6 is 11.3 Å². The standard InChI is InChI=1S/C20H30N2O2S/c1-14(2)10-22(11-15(3)4)12-16-13-25-20(21-16)17-8-7-9-18(23-5)19(17)24-6/h7-9,13-15H,10-12H2,1-6H3. The van der Waals surface area contributed by atoms with Crippen molar-refractivity contribution in [3.05, 3.63) is 29.3 Å². The zero-order valence-electron chi connectivity index (χ0n) is 16.2. The zero-order valence-corrected chi connectivity index (χ0v) is 17.0. The summed E-state index contributed by atoms with van der Waals surface area (Å²) >= 11 is 1.66. The van der Waals surface area contributed by atoms with Gasteiger partial charge in [-0.05, 0) is 24.0 Å². The Hall–Kier alpha value is -1.59. The Morgan fingerprint density at radius 1 is 1.04 bits per heavy atom. The van der Waals surface area contributed by atoms with E-state index in [2.05, 4.69) is 38.0 Å². The van der Waals surface area contributed by atoms with Gasteiger partial charge >= 0.3 is 0 Å². The third-order valence-corrected chi connectivity index (χ3v) is 4.74. The highest BCUT2D eigenvalue weighted by Gasteiger charge is 2.16. The van der Waals surface area contributed by atoms with Crippen molar-refractivity contribution in [1.29, 1.82) is 0 Å². The number of rotatable bonds is 9. The number of ether oxygens (including phenoxy) is 2. The molecule has 4 nitrogen and oxygen atoms in total. The molecule has 0 radical (unpaired) electrons. The molecule has 1 heterocycles. The summed E-state index contributed by atoms with van der Waals surface area (Å²) < 4.78 is 10.9. The van der Waals surface area contributed by atoms with Gasteiger partial charge < -0.3 is 9.47 Å². The molecule has 0 saturated carbocycles. The van der Waals surface area contributed by atoms with Gasteiger partial charge in [-0.15, -0.1) is 11.3 Å². The summed E-state index contributed by atoms with van der Waals surface area (Å²) in [5.74, 6) is 2.77. The van der Waals surface area contributed by atoms with E-state index in [-0.39, 0.29) is 0 Å². The molecule has 0 aliphatic carbocycles. The van der Waals surface area contributed by atoms with Gasteiger partial charge in [-0.1, -0.05) is 33.8 Å². The van der Waals surface area contributed by atoms with Crippen LogP contribution in [0.2, 0.25) is 0 Å². The fourth-order valence-electron chi connectivity index (χ4n) is 3.02. The number of aromatic nitrogens is 1. The molecular weight excluding hydrogens is 332 g/mol. The normalized spacial score (nSPS) is 11.6. The quantitative estimate of drug-likeness (QED) is 0.633. The molecule has 0 bridgehead atoms. The number of benzene rings is 1. The molecule has 0 N–H and O–H groups in total. The highest BCUT2D eigenvalue weighted by molar-refractivity contribution is 7.13. The molecule has 1 aromatic heterocycles.